The van der Waals surface area contributed by atoms with E-state index >= 15 is 0 Å². The van der Waals surface area contributed by atoms with Gasteiger partial charge in [0.1, 0.15) is 17.4 Å². The molecule has 1 aromatic rings. The van der Waals surface area contributed by atoms with Gasteiger partial charge in [-0.1, -0.05) is 40.0 Å². The van der Waals surface area contributed by atoms with Gasteiger partial charge in [0, 0.05) is 30.1 Å². The van der Waals surface area contributed by atoms with Crippen molar-refractivity contribution in [2.45, 2.75) is 95.6 Å². The lowest BCUT2D eigenvalue weighted by atomic mass is 9.54. The molecule has 7 nitrogen and oxygen atoms in total. The Bertz CT molecular complexity index is 1250. The highest BCUT2D eigenvalue weighted by atomic mass is 16.5. The number of methoxy groups -OCH3 is 1. The molecule has 2 spiro atoms. The summed E-state index contributed by atoms with van der Waals surface area (Å²) in [4.78, 5) is 42.8. The van der Waals surface area contributed by atoms with E-state index in [1.54, 1.807) is 13.2 Å². The van der Waals surface area contributed by atoms with Crippen molar-refractivity contribution in [1.82, 2.24) is 5.32 Å². The highest BCUT2D eigenvalue weighted by molar-refractivity contribution is 6.14. The fourth-order valence-electron chi connectivity index (χ4n) is 8.87. The number of ketones is 2. The summed E-state index contributed by atoms with van der Waals surface area (Å²) >= 11 is 0. The summed E-state index contributed by atoms with van der Waals surface area (Å²) in [6, 6.07) is 3.16. The fraction of sp³-hybridized carbons (Fsp3) is 0.633. The van der Waals surface area contributed by atoms with Crippen molar-refractivity contribution in [3.63, 3.8) is 0 Å². The molecule has 0 radical (unpaired) electrons. The molecule has 0 aromatic heterocycles. The molecule has 2 N–H and O–H groups in total. The third-order valence-electron chi connectivity index (χ3n) is 10.4. The number of carbonyl (C=O) groups excluding carboxylic acids is 3. The van der Waals surface area contributed by atoms with Gasteiger partial charge in [0.2, 0.25) is 5.91 Å². The zero-order chi connectivity index (χ0) is 26.3. The minimum Gasteiger partial charge on any atom is -0.504 e. The minimum absolute atomic E-state index is 0.0249. The van der Waals surface area contributed by atoms with E-state index in [1.807, 2.05) is 6.92 Å². The van der Waals surface area contributed by atoms with E-state index in [-0.39, 0.29) is 29.6 Å². The predicted molar refractivity (Wildman–Crippen MR) is 136 cm³/mol. The second-order valence-electron chi connectivity index (χ2n) is 11.9. The van der Waals surface area contributed by atoms with Gasteiger partial charge in [-0.05, 0) is 56.2 Å². The first-order valence-electron chi connectivity index (χ1n) is 13.9. The zero-order valence-corrected chi connectivity index (χ0v) is 22.2. The van der Waals surface area contributed by atoms with Gasteiger partial charge in [0.05, 0.1) is 10.8 Å². The summed E-state index contributed by atoms with van der Waals surface area (Å²) < 4.78 is 12.4. The van der Waals surface area contributed by atoms with E-state index in [9.17, 15) is 19.5 Å². The average Bonchev–Trinajstić information content (AvgIpc) is 3.44. The normalized spacial score (nSPS) is 37.5. The SMILES string of the molecule is CCCCCC1C(=O)NC23CC45C(=C(CC)CCCC(OC)C(=O)C4(C)C12)Oc1c(O)ccc(c15)C3=O. The van der Waals surface area contributed by atoms with Gasteiger partial charge in [-0.25, -0.2) is 0 Å². The van der Waals surface area contributed by atoms with E-state index in [4.69, 9.17) is 9.47 Å². The van der Waals surface area contributed by atoms with E-state index in [0.29, 0.717) is 35.5 Å². The molecule has 1 amide bonds. The lowest BCUT2D eigenvalue weighted by molar-refractivity contribution is -0.146. The van der Waals surface area contributed by atoms with E-state index in [2.05, 4.69) is 19.2 Å². The number of fused-ring (bicyclic) bond motifs is 1. The Hall–Kier alpha value is -2.67. The Kier molecular flexibility index (Phi) is 5.44. The molecule has 5 aliphatic rings. The quantitative estimate of drug-likeness (QED) is 0.539. The Morgan fingerprint density at radius 2 is 1.97 bits per heavy atom. The number of carbonyl (C=O) groups is 3. The van der Waals surface area contributed by atoms with Crippen molar-refractivity contribution in [2.24, 2.45) is 17.3 Å². The van der Waals surface area contributed by atoms with Crippen LogP contribution in [0.2, 0.25) is 0 Å². The zero-order valence-electron chi connectivity index (χ0n) is 22.2. The number of unbranched alkanes of at least 4 members (excludes halogenated alkanes) is 2. The molecule has 2 fully saturated rings. The number of ether oxygens (including phenoxy) is 2. The van der Waals surface area contributed by atoms with Crippen LogP contribution in [0.15, 0.2) is 23.5 Å². The fourth-order valence-corrected chi connectivity index (χ4v) is 8.87. The van der Waals surface area contributed by atoms with Crippen molar-refractivity contribution in [1.29, 1.82) is 0 Å². The number of aromatic hydroxyl groups is 1. The van der Waals surface area contributed by atoms with Crippen LogP contribution in [0.5, 0.6) is 11.5 Å². The molecule has 6 unspecified atom stereocenters. The summed E-state index contributed by atoms with van der Waals surface area (Å²) in [5.74, 6) is -0.363. The molecule has 7 heteroatoms. The van der Waals surface area contributed by atoms with Crippen LogP contribution in [-0.4, -0.2) is 41.3 Å². The van der Waals surface area contributed by atoms with Crippen LogP contribution in [-0.2, 0) is 19.7 Å². The Labute approximate surface area is 218 Å². The first-order valence-corrected chi connectivity index (χ1v) is 13.9. The number of Topliss-reactive ketones (excluding diaryl/α,β-unsaturated/α-hetero) is 2. The number of rotatable bonds is 6. The lowest BCUT2D eigenvalue weighted by Gasteiger charge is -2.45. The summed E-state index contributed by atoms with van der Waals surface area (Å²) in [7, 11) is 1.58. The third-order valence-corrected chi connectivity index (χ3v) is 10.4. The van der Waals surface area contributed by atoms with Gasteiger partial charge in [-0.2, -0.15) is 0 Å². The van der Waals surface area contributed by atoms with Gasteiger partial charge in [0.15, 0.2) is 23.1 Å². The smallest absolute Gasteiger partial charge is 0.224 e. The number of hydrogen-bond donors (Lipinski definition) is 2. The summed E-state index contributed by atoms with van der Waals surface area (Å²) in [5.41, 5.74) is -1.08. The van der Waals surface area contributed by atoms with Crippen LogP contribution in [0.3, 0.4) is 0 Å². The van der Waals surface area contributed by atoms with Crippen LogP contribution >= 0.6 is 0 Å². The molecule has 198 valence electrons. The molecule has 6 atom stereocenters. The van der Waals surface area contributed by atoms with Gasteiger partial charge >= 0.3 is 0 Å². The second-order valence-corrected chi connectivity index (χ2v) is 11.9. The first-order chi connectivity index (χ1) is 17.7. The Morgan fingerprint density at radius 3 is 2.68 bits per heavy atom. The maximum Gasteiger partial charge on any atom is 0.224 e. The highest BCUT2D eigenvalue weighted by Crippen LogP contribution is 2.76. The lowest BCUT2D eigenvalue weighted by Crippen LogP contribution is -2.54. The molecule has 2 heterocycles. The predicted octanol–water partition coefficient (Wildman–Crippen LogP) is 4.74. The van der Waals surface area contributed by atoms with Crippen LogP contribution < -0.4 is 10.1 Å². The molecule has 1 saturated carbocycles. The standard InChI is InChI=1S/C30H37NO6/c1-5-7-8-11-18-23-28(3)25(34)20(36-4)12-9-10-16(6-2)26-29(28)15-30(23,31-27(18)35)24(33)17-13-14-19(32)22(37-26)21(17)29/h13-14,18,20,23,32H,5-12,15H2,1-4H3,(H,31,35). The molecular weight excluding hydrogens is 470 g/mol. The highest BCUT2D eigenvalue weighted by Gasteiger charge is 2.83. The maximum absolute atomic E-state index is 14.8. The Balaban J connectivity index is 1.71. The maximum atomic E-state index is 14.8. The number of hydrogen-bond acceptors (Lipinski definition) is 6. The molecular formula is C30H37NO6. The monoisotopic (exact) mass is 507 g/mol. The number of phenols is 1. The minimum atomic E-state index is -1.19. The number of nitrogens with one attached hydrogen (secondary N) is 1. The van der Waals surface area contributed by atoms with Gasteiger partial charge in [-0.15, -0.1) is 0 Å². The van der Waals surface area contributed by atoms with E-state index in [0.717, 1.165) is 44.1 Å². The molecule has 1 aromatic carbocycles. The summed E-state index contributed by atoms with van der Waals surface area (Å²) in [6.45, 7) is 6.17. The summed E-state index contributed by atoms with van der Waals surface area (Å²) in [6.07, 6.45) is 5.97. The van der Waals surface area contributed by atoms with Crippen LogP contribution in [0, 0.1) is 17.3 Å². The summed E-state index contributed by atoms with van der Waals surface area (Å²) in [5, 5.41) is 14.1. The average molecular weight is 508 g/mol. The molecule has 1 saturated heterocycles. The van der Waals surface area contributed by atoms with Crippen molar-refractivity contribution >= 4 is 17.5 Å². The van der Waals surface area contributed by atoms with Crippen molar-refractivity contribution in [3.05, 3.63) is 34.6 Å². The number of benzene rings is 1. The molecule has 2 aliphatic heterocycles. The van der Waals surface area contributed by atoms with Crippen molar-refractivity contribution < 1.29 is 29.0 Å². The van der Waals surface area contributed by atoms with Crippen LogP contribution in [0.4, 0.5) is 0 Å². The molecule has 2 bridgehead atoms. The van der Waals surface area contributed by atoms with Gasteiger partial charge < -0.3 is 19.9 Å². The van der Waals surface area contributed by atoms with Crippen molar-refractivity contribution in [3.8, 4) is 11.5 Å². The largest absolute Gasteiger partial charge is 0.504 e. The van der Waals surface area contributed by atoms with E-state index in [1.165, 1.54) is 6.07 Å². The van der Waals surface area contributed by atoms with Crippen LogP contribution in [0.25, 0.3) is 0 Å². The molecule has 6 rings (SSSR count). The van der Waals surface area contributed by atoms with Crippen LogP contribution in [0.1, 0.15) is 94.5 Å². The molecule has 37 heavy (non-hydrogen) atoms. The number of phenolic OH excluding ortho intramolecular Hbond substituents is 1. The van der Waals surface area contributed by atoms with Crippen molar-refractivity contribution in [2.75, 3.05) is 7.11 Å². The van der Waals surface area contributed by atoms with Gasteiger partial charge in [-0.3, -0.25) is 14.4 Å². The topological polar surface area (TPSA) is 102 Å². The Morgan fingerprint density at radius 1 is 1.19 bits per heavy atom. The number of amides is 1. The molecule has 3 aliphatic carbocycles. The number of allylic oxidation sites excluding steroid dienone is 2. The second kappa shape index (κ2) is 8.16. The first kappa shape index (κ1) is 24.7. The van der Waals surface area contributed by atoms with Gasteiger partial charge in [0.25, 0.3) is 0 Å². The van der Waals surface area contributed by atoms with E-state index < -0.39 is 34.3 Å². The third kappa shape index (κ3) is 2.74.